The zero-order chi connectivity index (χ0) is 17.4. The lowest BCUT2D eigenvalue weighted by atomic mass is 9.82. The van der Waals surface area contributed by atoms with Gasteiger partial charge in [0.15, 0.2) is 0 Å². The number of benzene rings is 1. The van der Waals surface area contributed by atoms with Crippen LogP contribution in [0.4, 0.5) is 0 Å². The maximum absolute atomic E-state index is 10.7. The van der Waals surface area contributed by atoms with E-state index in [-0.39, 0.29) is 6.04 Å². The van der Waals surface area contributed by atoms with E-state index in [0.29, 0.717) is 18.3 Å². The maximum Gasteiger partial charge on any atom is 0.0951 e. The predicted octanol–water partition coefficient (Wildman–Crippen LogP) is 3.88. The molecule has 3 atom stereocenters. The topological polar surface area (TPSA) is 52.5 Å². The Labute approximate surface area is 147 Å². The van der Waals surface area contributed by atoms with Gasteiger partial charge in [-0.3, -0.25) is 0 Å². The van der Waals surface area contributed by atoms with Gasteiger partial charge in [-0.05, 0) is 30.2 Å². The van der Waals surface area contributed by atoms with Crippen molar-refractivity contribution in [3.63, 3.8) is 0 Å². The second-order valence-corrected chi connectivity index (χ2v) is 7.90. The Morgan fingerprint density at radius 1 is 1.04 bits per heavy atom. The summed E-state index contributed by atoms with van der Waals surface area (Å²) in [4.78, 5) is 0. The molecule has 1 aliphatic rings. The van der Waals surface area contributed by atoms with Crippen molar-refractivity contribution in [3.05, 3.63) is 35.9 Å². The van der Waals surface area contributed by atoms with E-state index in [1.807, 2.05) is 18.2 Å². The van der Waals surface area contributed by atoms with Crippen molar-refractivity contribution in [2.75, 3.05) is 0 Å². The molecular formula is C21H35NO2. The molecule has 0 amide bonds. The van der Waals surface area contributed by atoms with E-state index in [2.05, 4.69) is 31.3 Å². The number of hydrogen-bond acceptors (Lipinski definition) is 3. The van der Waals surface area contributed by atoms with Crippen molar-refractivity contribution in [1.82, 2.24) is 5.32 Å². The third-order valence-electron chi connectivity index (χ3n) is 5.24. The largest absolute Gasteiger partial charge is 0.390 e. The van der Waals surface area contributed by atoms with Gasteiger partial charge in [0, 0.05) is 12.6 Å². The second-order valence-electron chi connectivity index (χ2n) is 7.90. The molecule has 1 saturated carbocycles. The van der Waals surface area contributed by atoms with Gasteiger partial charge >= 0.3 is 0 Å². The lowest BCUT2D eigenvalue weighted by Crippen LogP contribution is -2.47. The predicted molar refractivity (Wildman–Crippen MR) is 99.7 cm³/mol. The monoisotopic (exact) mass is 333 g/mol. The van der Waals surface area contributed by atoms with Gasteiger partial charge in [0.05, 0.1) is 12.2 Å². The fraction of sp³-hybridized carbons (Fsp3) is 0.714. The van der Waals surface area contributed by atoms with Crippen LogP contribution in [0.25, 0.3) is 0 Å². The van der Waals surface area contributed by atoms with Crippen LogP contribution in [-0.4, -0.2) is 28.5 Å². The van der Waals surface area contributed by atoms with E-state index in [9.17, 15) is 10.2 Å². The number of aliphatic hydroxyl groups excluding tert-OH is 2. The zero-order valence-electron chi connectivity index (χ0n) is 15.3. The molecule has 0 bridgehead atoms. The molecular weight excluding hydrogens is 298 g/mol. The highest BCUT2D eigenvalue weighted by atomic mass is 16.3. The molecule has 136 valence electrons. The Balaban J connectivity index is 1.96. The molecule has 0 aliphatic heterocycles. The molecule has 0 unspecified atom stereocenters. The summed E-state index contributed by atoms with van der Waals surface area (Å²) in [5, 5.41) is 24.6. The van der Waals surface area contributed by atoms with Gasteiger partial charge in [-0.2, -0.15) is 0 Å². The van der Waals surface area contributed by atoms with Crippen LogP contribution in [0.15, 0.2) is 30.3 Å². The maximum atomic E-state index is 10.7. The van der Waals surface area contributed by atoms with Gasteiger partial charge in [0.25, 0.3) is 0 Å². The molecule has 0 saturated heterocycles. The third-order valence-corrected chi connectivity index (χ3v) is 5.24. The van der Waals surface area contributed by atoms with Crippen molar-refractivity contribution in [2.45, 2.75) is 83.6 Å². The first-order valence-corrected chi connectivity index (χ1v) is 9.69. The summed E-state index contributed by atoms with van der Waals surface area (Å²) >= 11 is 0. The lowest BCUT2D eigenvalue weighted by molar-refractivity contribution is -0.0202. The van der Waals surface area contributed by atoms with Crippen LogP contribution in [0.3, 0.4) is 0 Å². The standard InChI is InChI=1S/C21H35NO2/c1-16(2)13-20(23)21(24)19(14-17-9-5-3-6-10-17)22-15-18-11-7-4-8-12-18/h4,7-8,11-12,16-17,19-24H,3,5-6,9-10,13-15H2,1-2H3/t19-,20-,21+/m0/s1. The minimum Gasteiger partial charge on any atom is -0.390 e. The Bertz CT molecular complexity index is 442. The molecule has 1 aromatic rings. The van der Waals surface area contributed by atoms with Gasteiger partial charge in [0.2, 0.25) is 0 Å². The quantitative estimate of drug-likeness (QED) is 0.643. The van der Waals surface area contributed by atoms with E-state index < -0.39 is 12.2 Å². The highest BCUT2D eigenvalue weighted by molar-refractivity contribution is 5.14. The summed E-state index contributed by atoms with van der Waals surface area (Å²) in [7, 11) is 0. The molecule has 1 aromatic carbocycles. The third kappa shape index (κ3) is 6.54. The van der Waals surface area contributed by atoms with Crippen LogP contribution < -0.4 is 5.32 Å². The summed E-state index contributed by atoms with van der Waals surface area (Å²) in [6, 6.07) is 10.3. The van der Waals surface area contributed by atoms with Crippen molar-refractivity contribution < 1.29 is 10.2 Å². The van der Waals surface area contributed by atoms with Crippen LogP contribution in [0.5, 0.6) is 0 Å². The van der Waals surface area contributed by atoms with Gasteiger partial charge in [-0.25, -0.2) is 0 Å². The molecule has 3 heteroatoms. The molecule has 2 rings (SSSR count). The van der Waals surface area contributed by atoms with Gasteiger partial charge in [0.1, 0.15) is 0 Å². The Morgan fingerprint density at radius 3 is 2.33 bits per heavy atom. The molecule has 0 spiro atoms. The first-order valence-electron chi connectivity index (χ1n) is 9.69. The Kier molecular flexibility index (Phi) is 8.23. The average molecular weight is 334 g/mol. The van der Waals surface area contributed by atoms with E-state index in [0.717, 1.165) is 13.0 Å². The van der Waals surface area contributed by atoms with Crippen molar-refractivity contribution in [1.29, 1.82) is 0 Å². The number of rotatable bonds is 9. The molecule has 3 N–H and O–H groups in total. The second kappa shape index (κ2) is 10.2. The summed E-state index contributed by atoms with van der Waals surface area (Å²) in [6.45, 7) is 4.91. The fourth-order valence-electron chi connectivity index (χ4n) is 3.86. The highest BCUT2D eigenvalue weighted by Gasteiger charge is 2.29. The normalized spacial score (nSPS) is 20.0. The van der Waals surface area contributed by atoms with Crippen LogP contribution in [0.2, 0.25) is 0 Å². The van der Waals surface area contributed by atoms with Crippen LogP contribution in [0.1, 0.15) is 64.4 Å². The molecule has 1 aliphatic carbocycles. The fourth-order valence-corrected chi connectivity index (χ4v) is 3.86. The Hall–Kier alpha value is -0.900. The first kappa shape index (κ1) is 19.4. The van der Waals surface area contributed by atoms with Crippen LogP contribution >= 0.6 is 0 Å². The molecule has 1 fully saturated rings. The average Bonchev–Trinajstić information content (AvgIpc) is 2.59. The molecule has 0 heterocycles. The summed E-state index contributed by atoms with van der Waals surface area (Å²) < 4.78 is 0. The Morgan fingerprint density at radius 2 is 1.71 bits per heavy atom. The van der Waals surface area contributed by atoms with E-state index >= 15 is 0 Å². The van der Waals surface area contributed by atoms with Gasteiger partial charge < -0.3 is 15.5 Å². The summed E-state index contributed by atoms with van der Waals surface area (Å²) in [5.74, 6) is 1.06. The number of hydrogen-bond donors (Lipinski definition) is 3. The van der Waals surface area contributed by atoms with E-state index in [4.69, 9.17) is 0 Å². The van der Waals surface area contributed by atoms with Crippen LogP contribution in [-0.2, 0) is 6.54 Å². The molecule has 0 aromatic heterocycles. The van der Waals surface area contributed by atoms with E-state index in [1.165, 1.54) is 37.7 Å². The van der Waals surface area contributed by atoms with Gasteiger partial charge in [-0.1, -0.05) is 76.3 Å². The number of aliphatic hydroxyl groups is 2. The minimum absolute atomic E-state index is 0.0398. The van der Waals surface area contributed by atoms with Crippen molar-refractivity contribution in [2.24, 2.45) is 11.8 Å². The van der Waals surface area contributed by atoms with Gasteiger partial charge in [-0.15, -0.1) is 0 Å². The number of nitrogens with one attached hydrogen (secondary N) is 1. The lowest BCUT2D eigenvalue weighted by Gasteiger charge is -2.33. The highest BCUT2D eigenvalue weighted by Crippen LogP contribution is 2.29. The molecule has 24 heavy (non-hydrogen) atoms. The zero-order valence-corrected chi connectivity index (χ0v) is 15.3. The van der Waals surface area contributed by atoms with Crippen LogP contribution in [0, 0.1) is 11.8 Å². The van der Waals surface area contributed by atoms with Crippen molar-refractivity contribution >= 4 is 0 Å². The first-order chi connectivity index (χ1) is 11.6. The smallest absolute Gasteiger partial charge is 0.0951 e. The molecule has 0 radical (unpaired) electrons. The summed E-state index contributed by atoms with van der Waals surface area (Å²) in [5.41, 5.74) is 1.22. The minimum atomic E-state index is -0.696. The SMILES string of the molecule is CC(C)C[C@H](O)[C@H](O)[C@H](CC1CCCCC1)NCc1ccccc1. The van der Waals surface area contributed by atoms with Crippen molar-refractivity contribution in [3.8, 4) is 0 Å². The van der Waals surface area contributed by atoms with E-state index in [1.54, 1.807) is 0 Å². The molecule has 3 nitrogen and oxygen atoms in total. The summed E-state index contributed by atoms with van der Waals surface area (Å²) in [6.07, 6.45) is 6.74.